The molecule has 5 heteroatoms. The minimum Gasteiger partial charge on any atom is -0.361 e. The summed E-state index contributed by atoms with van der Waals surface area (Å²) >= 11 is 0. The zero-order chi connectivity index (χ0) is 17.6. The van der Waals surface area contributed by atoms with Crippen LogP contribution in [0.3, 0.4) is 0 Å². The van der Waals surface area contributed by atoms with Crippen molar-refractivity contribution in [2.45, 2.75) is 51.0 Å². The number of Topliss-reactive ketones (excluding diaryl/α,β-unsaturated/α-hetero) is 1. The molecule has 130 valence electrons. The number of carbonyl (C=O) groups is 2. The van der Waals surface area contributed by atoms with Gasteiger partial charge >= 0.3 is 0 Å². The molecule has 2 N–H and O–H groups in total. The summed E-state index contributed by atoms with van der Waals surface area (Å²) in [6, 6.07) is 9.89. The monoisotopic (exact) mass is 337 g/mol. The maximum Gasteiger partial charge on any atom is 0.245 e. The van der Waals surface area contributed by atoms with Crippen LogP contribution in [0.5, 0.6) is 0 Å². The van der Waals surface area contributed by atoms with Gasteiger partial charge in [0.1, 0.15) is 0 Å². The first-order valence-corrected chi connectivity index (χ1v) is 8.96. The van der Waals surface area contributed by atoms with Gasteiger partial charge in [-0.2, -0.15) is 5.26 Å². The molecule has 1 aliphatic carbocycles. The van der Waals surface area contributed by atoms with E-state index in [0.717, 1.165) is 42.1 Å². The van der Waals surface area contributed by atoms with Crippen molar-refractivity contribution in [2.24, 2.45) is 5.92 Å². The summed E-state index contributed by atoms with van der Waals surface area (Å²) in [7, 11) is 0. The number of nitrogens with zero attached hydrogens (tertiary/aromatic N) is 1. The number of benzene rings is 1. The number of aromatic nitrogens is 1. The highest BCUT2D eigenvalue weighted by molar-refractivity contribution is 6.04. The summed E-state index contributed by atoms with van der Waals surface area (Å²) in [5.41, 5.74) is 2.06. The zero-order valence-electron chi connectivity index (χ0n) is 14.3. The molecule has 0 spiro atoms. The Bertz CT molecular complexity index is 797. The summed E-state index contributed by atoms with van der Waals surface area (Å²) in [6.45, 7) is 0. The van der Waals surface area contributed by atoms with Crippen LogP contribution in [0.1, 0.15) is 44.1 Å². The van der Waals surface area contributed by atoms with Gasteiger partial charge in [0.2, 0.25) is 5.91 Å². The van der Waals surface area contributed by atoms with Crippen molar-refractivity contribution in [3.05, 3.63) is 36.0 Å². The van der Waals surface area contributed by atoms with Gasteiger partial charge in [0.05, 0.1) is 6.07 Å². The molecule has 3 rings (SSSR count). The van der Waals surface area contributed by atoms with Crippen molar-refractivity contribution in [2.75, 3.05) is 0 Å². The van der Waals surface area contributed by atoms with E-state index in [1.165, 1.54) is 6.42 Å². The van der Waals surface area contributed by atoms with Crippen LogP contribution >= 0.6 is 0 Å². The lowest BCUT2D eigenvalue weighted by molar-refractivity contribution is -0.132. The molecule has 1 aliphatic rings. The highest BCUT2D eigenvalue weighted by atomic mass is 16.2. The Morgan fingerprint density at radius 1 is 1.24 bits per heavy atom. The van der Waals surface area contributed by atoms with E-state index in [1.807, 2.05) is 36.5 Å². The average molecular weight is 337 g/mol. The van der Waals surface area contributed by atoms with Crippen LogP contribution in [0.15, 0.2) is 30.5 Å². The second-order valence-corrected chi connectivity index (χ2v) is 6.73. The Morgan fingerprint density at radius 2 is 2.00 bits per heavy atom. The van der Waals surface area contributed by atoms with E-state index in [9.17, 15) is 14.9 Å². The molecule has 0 radical (unpaired) electrons. The highest BCUT2D eigenvalue weighted by Crippen LogP contribution is 2.20. The predicted octanol–water partition coefficient (Wildman–Crippen LogP) is 3.26. The zero-order valence-corrected chi connectivity index (χ0v) is 14.3. The van der Waals surface area contributed by atoms with Crippen LogP contribution in [-0.2, 0) is 16.0 Å². The number of carbonyl (C=O) groups excluding carboxylic acids is 2. The third kappa shape index (κ3) is 4.08. The first kappa shape index (κ1) is 17.2. The van der Waals surface area contributed by atoms with Crippen LogP contribution in [0.25, 0.3) is 10.9 Å². The van der Waals surface area contributed by atoms with E-state index < -0.39 is 11.8 Å². The number of H-pyrrole nitrogens is 1. The second-order valence-electron chi connectivity index (χ2n) is 6.73. The number of hydrogen-bond donors (Lipinski definition) is 2. The lowest BCUT2D eigenvalue weighted by Crippen LogP contribution is -2.42. The number of fused-ring (bicyclic) bond motifs is 1. The number of aryl methyl sites for hydroxylation is 1. The molecule has 1 fully saturated rings. The lowest BCUT2D eigenvalue weighted by atomic mass is 9.93. The molecule has 1 amide bonds. The molecule has 0 aliphatic heterocycles. The lowest BCUT2D eigenvalue weighted by Gasteiger charge is -2.23. The van der Waals surface area contributed by atoms with Gasteiger partial charge in [-0.15, -0.1) is 0 Å². The second kappa shape index (κ2) is 7.98. The number of amides is 1. The van der Waals surface area contributed by atoms with Gasteiger partial charge in [-0.05, 0) is 30.9 Å². The molecular weight excluding hydrogens is 314 g/mol. The maximum absolute atomic E-state index is 12.4. The summed E-state index contributed by atoms with van der Waals surface area (Å²) < 4.78 is 0. The number of aromatic amines is 1. The fourth-order valence-corrected chi connectivity index (χ4v) is 3.55. The summed E-state index contributed by atoms with van der Waals surface area (Å²) in [4.78, 5) is 27.9. The number of rotatable bonds is 6. The molecule has 0 saturated heterocycles. The van der Waals surface area contributed by atoms with E-state index in [0.29, 0.717) is 6.42 Å². The normalized spacial score (nSPS) is 16.3. The van der Waals surface area contributed by atoms with E-state index in [1.54, 1.807) is 0 Å². The summed E-state index contributed by atoms with van der Waals surface area (Å²) in [6.07, 6.45) is 7.86. The Kier molecular flexibility index (Phi) is 5.49. The van der Waals surface area contributed by atoms with Crippen molar-refractivity contribution in [3.8, 4) is 6.07 Å². The molecule has 1 unspecified atom stereocenters. The van der Waals surface area contributed by atoms with Gasteiger partial charge in [-0.25, -0.2) is 0 Å². The molecule has 25 heavy (non-hydrogen) atoms. The molecule has 2 aromatic rings. The molecule has 0 bridgehead atoms. The smallest absolute Gasteiger partial charge is 0.245 e. The first-order chi connectivity index (χ1) is 12.2. The minimum atomic E-state index is -1.20. The molecule has 1 atom stereocenters. The molecule has 5 nitrogen and oxygen atoms in total. The van der Waals surface area contributed by atoms with Crippen LogP contribution in [-0.4, -0.2) is 22.7 Å². The van der Waals surface area contributed by atoms with E-state index >= 15 is 0 Å². The first-order valence-electron chi connectivity index (χ1n) is 8.96. The van der Waals surface area contributed by atoms with E-state index in [-0.39, 0.29) is 18.2 Å². The van der Waals surface area contributed by atoms with Gasteiger partial charge in [0.25, 0.3) is 0 Å². The van der Waals surface area contributed by atoms with Gasteiger partial charge in [-0.1, -0.05) is 37.5 Å². The predicted molar refractivity (Wildman–Crippen MR) is 95.7 cm³/mol. The van der Waals surface area contributed by atoms with Crippen LogP contribution in [0.2, 0.25) is 0 Å². The van der Waals surface area contributed by atoms with Gasteiger partial charge in [0.15, 0.2) is 11.7 Å². The Hall–Kier alpha value is -2.61. The molecule has 1 aromatic carbocycles. The highest BCUT2D eigenvalue weighted by Gasteiger charge is 2.28. The average Bonchev–Trinajstić information content (AvgIpc) is 3.04. The molecular formula is C20H23N3O2. The van der Waals surface area contributed by atoms with Crippen molar-refractivity contribution in [3.63, 3.8) is 0 Å². The van der Waals surface area contributed by atoms with Crippen LogP contribution < -0.4 is 5.32 Å². The van der Waals surface area contributed by atoms with Crippen molar-refractivity contribution < 1.29 is 9.59 Å². The van der Waals surface area contributed by atoms with Crippen LogP contribution in [0, 0.1) is 17.2 Å². The van der Waals surface area contributed by atoms with Crippen molar-refractivity contribution in [1.82, 2.24) is 10.3 Å². The SMILES string of the molecule is N#CC(C(=O)CCc1c[nH]c2ccccc12)C(=O)NC1CCCCC1. The quantitative estimate of drug-likeness (QED) is 0.793. The number of ketones is 1. The van der Waals surface area contributed by atoms with Gasteiger partial charge < -0.3 is 10.3 Å². The summed E-state index contributed by atoms with van der Waals surface area (Å²) in [5, 5.41) is 13.3. The third-order valence-electron chi connectivity index (χ3n) is 4.98. The molecule has 1 aromatic heterocycles. The van der Waals surface area contributed by atoms with E-state index in [4.69, 9.17) is 0 Å². The Morgan fingerprint density at radius 3 is 2.76 bits per heavy atom. The fraction of sp³-hybridized carbons (Fsp3) is 0.450. The molecule has 1 saturated carbocycles. The van der Waals surface area contributed by atoms with E-state index in [2.05, 4.69) is 10.3 Å². The van der Waals surface area contributed by atoms with Crippen molar-refractivity contribution >= 4 is 22.6 Å². The van der Waals surface area contributed by atoms with Gasteiger partial charge in [0, 0.05) is 29.6 Å². The maximum atomic E-state index is 12.4. The number of nitrogens with one attached hydrogen (secondary N) is 2. The summed E-state index contributed by atoms with van der Waals surface area (Å²) in [5.74, 6) is -1.94. The molecule has 1 heterocycles. The minimum absolute atomic E-state index is 0.110. The Balaban J connectivity index is 1.58. The van der Waals surface area contributed by atoms with Crippen LogP contribution in [0.4, 0.5) is 0 Å². The number of hydrogen-bond acceptors (Lipinski definition) is 3. The largest absolute Gasteiger partial charge is 0.361 e. The van der Waals surface area contributed by atoms with Crippen molar-refractivity contribution in [1.29, 1.82) is 5.26 Å². The fourth-order valence-electron chi connectivity index (χ4n) is 3.55. The Labute approximate surface area is 147 Å². The topological polar surface area (TPSA) is 85.8 Å². The standard InChI is InChI=1S/C20H23N3O2/c21-12-17(20(25)23-15-6-2-1-3-7-15)19(24)11-10-14-13-22-18-9-5-4-8-16(14)18/h4-5,8-9,13,15,17,22H,1-3,6-7,10-11H2,(H,23,25). The third-order valence-corrected chi connectivity index (χ3v) is 4.98. The number of para-hydroxylation sites is 1. The van der Waals surface area contributed by atoms with Gasteiger partial charge in [-0.3, -0.25) is 9.59 Å². The number of nitriles is 1.